The molecular weight excluding hydrogens is 282 g/mol. The van der Waals surface area contributed by atoms with Gasteiger partial charge in [-0.25, -0.2) is 9.78 Å². The lowest BCUT2D eigenvalue weighted by Crippen LogP contribution is -2.41. The highest BCUT2D eigenvalue weighted by molar-refractivity contribution is 8.02. The Hall–Kier alpha value is -1.60. The second-order valence-corrected chi connectivity index (χ2v) is 6.39. The van der Waals surface area contributed by atoms with Gasteiger partial charge < -0.3 is 5.32 Å². The van der Waals surface area contributed by atoms with Crippen LogP contribution in [0.15, 0.2) is 28.6 Å². The van der Waals surface area contributed by atoms with Crippen molar-refractivity contribution in [2.45, 2.75) is 16.5 Å². The number of hydrogen-bond donors (Lipinski definition) is 2. The number of hydrogen-bond acceptors (Lipinski definition) is 5. The number of nitrogens with zero attached hydrogens (tertiary/aromatic N) is 1. The van der Waals surface area contributed by atoms with Gasteiger partial charge in [0.2, 0.25) is 5.91 Å². The minimum absolute atomic E-state index is 0.330. The summed E-state index contributed by atoms with van der Waals surface area (Å²) < 4.78 is 1.91. The topological polar surface area (TPSA) is 71.1 Å². The van der Waals surface area contributed by atoms with E-state index in [-0.39, 0.29) is 11.2 Å². The first-order chi connectivity index (χ1) is 9.10. The summed E-state index contributed by atoms with van der Waals surface area (Å²) in [5, 5.41) is 4.22. The number of thiazole rings is 1. The normalized spacial score (nSPS) is 12.1. The van der Waals surface area contributed by atoms with E-state index in [0.29, 0.717) is 0 Å². The van der Waals surface area contributed by atoms with Crippen LogP contribution in [0.25, 0.3) is 10.2 Å². The van der Waals surface area contributed by atoms with Crippen molar-refractivity contribution in [2.24, 2.45) is 0 Å². The average molecular weight is 295 g/mol. The average Bonchev–Trinajstić information content (AvgIpc) is 2.80. The molecule has 100 valence electrons. The van der Waals surface area contributed by atoms with Gasteiger partial charge in [-0.1, -0.05) is 23.9 Å². The van der Waals surface area contributed by atoms with E-state index in [1.807, 2.05) is 24.3 Å². The zero-order valence-electron chi connectivity index (χ0n) is 10.5. The maximum Gasteiger partial charge on any atom is 0.321 e. The van der Waals surface area contributed by atoms with Crippen molar-refractivity contribution in [3.63, 3.8) is 0 Å². The first-order valence-electron chi connectivity index (χ1n) is 5.65. The summed E-state index contributed by atoms with van der Waals surface area (Å²) in [4.78, 5) is 27.2. The van der Waals surface area contributed by atoms with Gasteiger partial charge in [0, 0.05) is 7.05 Å². The fourth-order valence-corrected chi connectivity index (χ4v) is 3.59. The number of thioether (sulfide) groups is 1. The van der Waals surface area contributed by atoms with Crippen LogP contribution in [-0.2, 0) is 4.79 Å². The molecule has 0 unspecified atom stereocenters. The Labute approximate surface area is 118 Å². The monoisotopic (exact) mass is 295 g/mol. The third kappa shape index (κ3) is 3.45. The van der Waals surface area contributed by atoms with Crippen molar-refractivity contribution in [2.75, 3.05) is 7.05 Å². The molecule has 1 heterocycles. The van der Waals surface area contributed by atoms with E-state index in [4.69, 9.17) is 0 Å². The van der Waals surface area contributed by atoms with Crippen LogP contribution in [-0.4, -0.2) is 29.2 Å². The number of nitrogens with one attached hydrogen (secondary N) is 2. The molecule has 0 aliphatic rings. The smallest absolute Gasteiger partial charge is 0.321 e. The molecule has 0 radical (unpaired) electrons. The van der Waals surface area contributed by atoms with Gasteiger partial charge in [-0.05, 0) is 19.1 Å². The van der Waals surface area contributed by atoms with Gasteiger partial charge in [-0.2, -0.15) is 0 Å². The molecule has 0 bridgehead atoms. The maximum atomic E-state index is 11.7. The Morgan fingerprint density at radius 1 is 1.37 bits per heavy atom. The van der Waals surface area contributed by atoms with Crippen LogP contribution in [0.3, 0.4) is 0 Å². The van der Waals surface area contributed by atoms with Crippen LogP contribution >= 0.6 is 23.1 Å². The molecule has 0 spiro atoms. The molecule has 0 aliphatic heterocycles. The summed E-state index contributed by atoms with van der Waals surface area (Å²) in [6.45, 7) is 1.75. The molecule has 2 N–H and O–H groups in total. The van der Waals surface area contributed by atoms with Gasteiger partial charge in [0.05, 0.1) is 15.5 Å². The molecule has 0 saturated heterocycles. The minimum Gasteiger partial charge on any atom is -0.341 e. The molecule has 3 amide bonds. The number of rotatable bonds is 3. The zero-order valence-corrected chi connectivity index (χ0v) is 12.1. The predicted molar refractivity (Wildman–Crippen MR) is 77.5 cm³/mol. The molecule has 1 aromatic carbocycles. The Morgan fingerprint density at radius 2 is 2.11 bits per heavy atom. The largest absolute Gasteiger partial charge is 0.341 e. The van der Waals surface area contributed by atoms with Crippen molar-refractivity contribution in [3.05, 3.63) is 24.3 Å². The van der Waals surface area contributed by atoms with Gasteiger partial charge in [-0.15, -0.1) is 11.3 Å². The highest BCUT2D eigenvalue weighted by Crippen LogP contribution is 2.31. The lowest BCUT2D eigenvalue weighted by molar-refractivity contribution is -0.119. The molecule has 7 heteroatoms. The van der Waals surface area contributed by atoms with E-state index in [1.165, 1.54) is 30.1 Å². The van der Waals surface area contributed by atoms with E-state index in [9.17, 15) is 9.59 Å². The summed E-state index contributed by atoms with van der Waals surface area (Å²) in [6.07, 6.45) is 0. The summed E-state index contributed by atoms with van der Waals surface area (Å²) in [5.74, 6) is -0.330. The second-order valence-electron chi connectivity index (χ2n) is 3.78. The van der Waals surface area contributed by atoms with E-state index >= 15 is 0 Å². The van der Waals surface area contributed by atoms with Gasteiger partial charge in [0.25, 0.3) is 0 Å². The molecule has 0 fully saturated rings. The summed E-state index contributed by atoms with van der Waals surface area (Å²) in [5.41, 5.74) is 0.925. The van der Waals surface area contributed by atoms with Crippen molar-refractivity contribution in [1.29, 1.82) is 0 Å². The number of benzene rings is 1. The van der Waals surface area contributed by atoms with Gasteiger partial charge in [0.1, 0.15) is 0 Å². The number of carbonyl (C=O) groups is 2. The molecule has 19 heavy (non-hydrogen) atoms. The van der Waals surface area contributed by atoms with Crippen molar-refractivity contribution in [1.82, 2.24) is 15.6 Å². The van der Waals surface area contributed by atoms with Crippen molar-refractivity contribution >= 4 is 45.3 Å². The van der Waals surface area contributed by atoms with Crippen LogP contribution in [0.4, 0.5) is 4.79 Å². The number of carbonyl (C=O) groups excluding carboxylic acids is 2. The number of urea groups is 1. The molecular formula is C12H13N3O2S2. The Kier molecular flexibility index (Phi) is 4.39. The highest BCUT2D eigenvalue weighted by atomic mass is 32.2. The Balaban J connectivity index is 2.03. The van der Waals surface area contributed by atoms with Crippen LogP contribution in [0.1, 0.15) is 6.92 Å². The van der Waals surface area contributed by atoms with Crippen LogP contribution < -0.4 is 10.6 Å². The number of aromatic nitrogens is 1. The number of fused-ring (bicyclic) bond motifs is 1. The van der Waals surface area contributed by atoms with E-state index < -0.39 is 6.03 Å². The maximum absolute atomic E-state index is 11.7. The second kappa shape index (κ2) is 6.03. The van der Waals surface area contributed by atoms with Gasteiger partial charge >= 0.3 is 6.03 Å². The predicted octanol–water partition coefficient (Wildman–Crippen LogP) is 2.23. The molecule has 0 aliphatic carbocycles. The highest BCUT2D eigenvalue weighted by Gasteiger charge is 2.18. The molecule has 2 rings (SSSR count). The van der Waals surface area contributed by atoms with Gasteiger partial charge in [0.15, 0.2) is 4.34 Å². The first-order valence-corrected chi connectivity index (χ1v) is 7.34. The standard InChI is InChI=1S/C12H13N3O2S2/c1-7(10(16)15-11(17)13-2)18-12-14-8-5-3-4-6-9(8)19-12/h3-7H,1-2H3,(H2,13,15,16,17)/t7-/m0/s1. The van der Waals surface area contributed by atoms with Crippen molar-refractivity contribution in [3.8, 4) is 0 Å². The summed E-state index contributed by atoms with van der Waals surface area (Å²) >= 11 is 2.88. The van der Waals surface area contributed by atoms with Crippen LogP contribution in [0.5, 0.6) is 0 Å². The SMILES string of the molecule is CNC(=O)NC(=O)[C@H](C)Sc1nc2ccccc2s1. The van der Waals surface area contributed by atoms with Crippen molar-refractivity contribution < 1.29 is 9.59 Å². The van der Waals surface area contributed by atoms with Crippen LogP contribution in [0, 0.1) is 0 Å². The van der Waals surface area contributed by atoms with Crippen LogP contribution in [0.2, 0.25) is 0 Å². The lowest BCUT2D eigenvalue weighted by Gasteiger charge is -2.08. The molecule has 2 aromatic rings. The fraction of sp³-hybridized carbons (Fsp3) is 0.250. The Morgan fingerprint density at radius 3 is 2.79 bits per heavy atom. The van der Waals surface area contributed by atoms with Gasteiger partial charge in [-0.3, -0.25) is 10.1 Å². The molecule has 1 aromatic heterocycles. The fourth-order valence-electron chi connectivity index (χ4n) is 1.38. The summed E-state index contributed by atoms with van der Waals surface area (Å²) in [6, 6.07) is 7.31. The molecule has 5 nitrogen and oxygen atoms in total. The molecule has 1 atom stereocenters. The zero-order chi connectivity index (χ0) is 13.8. The number of para-hydroxylation sites is 1. The third-order valence-electron chi connectivity index (χ3n) is 2.38. The number of imide groups is 1. The van der Waals surface area contributed by atoms with E-state index in [2.05, 4.69) is 15.6 Å². The number of amides is 3. The lowest BCUT2D eigenvalue weighted by atomic mass is 10.3. The minimum atomic E-state index is -0.498. The Bertz CT molecular complexity index is 579. The molecule has 0 saturated carbocycles. The van der Waals surface area contributed by atoms with E-state index in [0.717, 1.165) is 14.6 Å². The van der Waals surface area contributed by atoms with E-state index in [1.54, 1.807) is 6.92 Å². The summed E-state index contributed by atoms with van der Waals surface area (Å²) in [7, 11) is 1.47. The third-order valence-corrected chi connectivity index (χ3v) is 4.62. The first kappa shape index (κ1) is 13.8. The quantitative estimate of drug-likeness (QED) is 0.852.